The number of thiazole rings is 1. The molecule has 0 aliphatic rings. The molecule has 2 rings (SSSR count). The van der Waals surface area contributed by atoms with E-state index in [-0.39, 0.29) is 11.8 Å². The minimum Gasteiger partial charge on any atom is -0.326 e. The van der Waals surface area contributed by atoms with Gasteiger partial charge in [0.05, 0.1) is 10.7 Å². The monoisotopic (exact) mass is 301 g/mol. The second kappa shape index (κ2) is 6.81. The highest BCUT2D eigenvalue weighted by atomic mass is 32.1. The number of rotatable bonds is 4. The number of nitrogens with one attached hydrogen (secondary N) is 2. The van der Waals surface area contributed by atoms with Gasteiger partial charge in [0, 0.05) is 29.8 Å². The average Bonchev–Trinajstić information content (AvgIpc) is 2.82. The fourth-order valence-electron chi connectivity index (χ4n) is 1.68. The number of nitrogens with zero attached hydrogens (tertiary/aromatic N) is 1. The molecule has 0 spiro atoms. The standard InChI is InChI=1S/C15H15N3O2S/c1-10(19)16-12-4-3-5-13(8-12)18-15(20)7-6-14-9-21-11(2)17-14/h3-9H,1-2H3,(H,16,19)(H,18,20)/b7-6+. The quantitative estimate of drug-likeness (QED) is 0.853. The van der Waals surface area contributed by atoms with Gasteiger partial charge < -0.3 is 10.6 Å². The Morgan fingerprint density at radius 3 is 2.57 bits per heavy atom. The molecular weight excluding hydrogens is 286 g/mol. The molecule has 5 nitrogen and oxygen atoms in total. The van der Waals surface area contributed by atoms with Crippen molar-refractivity contribution in [3.05, 3.63) is 46.4 Å². The highest BCUT2D eigenvalue weighted by Crippen LogP contribution is 2.15. The summed E-state index contributed by atoms with van der Waals surface area (Å²) in [6, 6.07) is 6.96. The van der Waals surface area contributed by atoms with E-state index in [0.29, 0.717) is 11.4 Å². The molecule has 2 amide bonds. The summed E-state index contributed by atoms with van der Waals surface area (Å²) in [6.07, 6.45) is 3.09. The van der Waals surface area contributed by atoms with Gasteiger partial charge in [-0.15, -0.1) is 11.3 Å². The Hall–Kier alpha value is -2.47. The van der Waals surface area contributed by atoms with Gasteiger partial charge in [0.2, 0.25) is 11.8 Å². The van der Waals surface area contributed by atoms with Gasteiger partial charge >= 0.3 is 0 Å². The first-order valence-corrected chi connectivity index (χ1v) is 7.20. The molecule has 0 aliphatic carbocycles. The summed E-state index contributed by atoms with van der Waals surface area (Å²) >= 11 is 1.53. The lowest BCUT2D eigenvalue weighted by Crippen LogP contribution is -2.09. The lowest BCUT2D eigenvalue weighted by molar-refractivity contribution is -0.114. The molecule has 21 heavy (non-hydrogen) atoms. The highest BCUT2D eigenvalue weighted by Gasteiger charge is 2.01. The van der Waals surface area contributed by atoms with Gasteiger partial charge in [0.25, 0.3) is 0 Å². The molecule has 0 aliphatic heterocycles. The maximum absolute atomic E-state index is 11.8. The maximum atomic E-state index is 11.8. The normalized spacial score (nSPS) is 10.6. The molecule has 2 N–H and O–H groups in total. The van der Waals surface area contributed by atoms with Crippen LogP contribution in [0.1, 0.15) is 17.6 Å². The van der Waals surface area contributed by atoms with Crippen LogP contribution >= 0.6 is 11.3 Å². The third-order valence-corrected chi connectivity index (χ3v) is 3.28. The van der Waals surface area contributed by atoms with E-state index in [1.165, 1.54) is 24.3 Å². The van der Waals surface area contributed by atoms with Crippen molar-refractivity contribution in [2.45, 2.75) is 13.8 Å². The second-order valence-corrected chi connectivity index (χ2v) is 5.44. The lowest BCUT2D eigenvalue weighted by atomic mass is 10.2. The van der Waals surface area contributed by atoms with Crippen LogP contribution in [0.25, 0.3) is 6.08 Å². The van der Waals surface area contributed by atoms with Gasteiger partial charge in [-0.2, -0.15) is 0 Å². The van der Waals surface area contributed by atoms with E-state index >= 15 is 0 Å². The van der Waals surface area contributed by atoms with E-state index in [1.54, 1.807) is 30.3 Å². The number of aromatic nitrogens is 1. The Kier molecular flexibility index (Phi) is 4.84. The summed E-state index contributed by atoms with van der Waals surface area (Å²) in [7, 11) is 0. The number of carbonyl (C=O) groups excluding carboxylic acids is 2. The van der Waals surface area contributed by atoms with Crippen molar-refractivity contribution in [3.63, 3.8) is 0 Å². The van der Waals surface area contributed by atoms with Crippen LogP contribution in [-0.2, 0) is 9.59 Å². The summed E-state index contributed by atoms with van der Waals surface area (Å²) in [6.45, 7) is 3.35. The molecule has 0 bridgehead atoms. The molecule has 0 saturated heterocycles. The summed E-state index contributed by atoms with van der Waals surface area (Å²) < 4.78 is 0. The van der Waals surface area contributed by atoms with Crippen molar-refractivity contribution in [1.29, 1.82) is 0 Å². The molecule has 1 aromatic heterocycles. The van der Waals surface area contributed by atoms with Crippen molar-refractivity contribution in [2.24, 2.45) is 0 Å². The van der Waals surface area contributed by atoms with Crippen molar-refractivity contribution < 1.29 is 9.59 Å². The maximum Gasteiger partial charge on any atom is 0.248 e. The number of hydrogen-bond donors (Lipinski definition) is 2. The first-order valence-electron chi connectivity index (χ1n) is 6.32. The molecule has 1 heterocycles. The second-order valence-electron chi connectivity index (χ2n) is 4.38. The van der Waals surface area contributed by atoms with Crippen LogP contribution in [0.15, 0.2) is 35.7 Å². The number of amides is 2. The Morgan fingerprint density at radius 2 is 1.95 bits per heavy atom. The fourth-order valence-corrected chi connectivity index (χ4v) is 2.26. The van der Waals surface area contributed by atoms with Crippen LogP contribution < -0.4 is 10.6 Å². The minimum absolute atomic E-state index is 0.155. The molecule has 6 heteroatoms. The van der Waals surface area contributed by atoms with Crippen LogP contribution in [0.2, 0.25) is 0 Å². The minimum atomic E-state index is -0.249. The van der Waals surface area contributed by atoms with Crippen LogP contribution in [0.5, 0.6) is 0 Å². The van der Waals surface area contributed by atoms with E-state index in [0.717, 1.165) is 10.7 Å². The number of benzene rings is 1. The van der Waals surface area contributed by atoms with Crippen LogP contribution in [-0.4, -0.2) is 16.8 Å². The molecule has 0 atom stereocenters. The van der Waals surface area contributed by atoms with Crippen molar-refractivity contribution in [1.82, 2.24) is 4.98 Å². The topological polar surface area (TPSA) is 71.1 Å². The zero-order valence-electron chi connectivity index (χ0n) is 11.7. The smallest absolute Gasteiger partial charge is 0.248 e. The van der Waals surface area contributed by atoms with Crippen molar-refractivity contribution in [2.75, 3.05) is 10.6 Å². The van der Waals surface area contributed by atoms with Gasteiger partial charge in [-0.1, -0.05) is 6.07 Å². The van der Waals surface area contributed by atoms with Gasteiger partial charge in [0.15, 0.2) is 0 Å². The molecule has 108 valence electrons. The number of hydrogen-bond acceptors (Lipinski definition) is 4. The van der Waals surface area contributed by atoms with E-state index in [2.05, 4.69) is 15.6 Å². The Bertz CT molecular complexity index is 692. The van der Waals surface area contributed by atoms with Crippen LogP contribution in [0, 0.1) is 6.92 Å². The Labute approximate surface area is 126 Å². The fraction of sp³-hybridized carbons (Fsp3) is 0.133. The predicted octanol–water partition coefficient (Wildman–Crippen LogP) is 3.06. The first kappa shape index (κ1) is 14.9. The third kappa shape index (κ3) is 4.85. The van der Waals surface area contributed by atoms with E-state index in [9.17, 15) is 9.59 Å². The molecule has 0 radical (unpaired) electrons. The molecule has 0 unspecified atom stereocenters. The number of carbonyl (C=O) groups is 2. The molecule has 0 saturated carbocycles. The van der Waals surface area contributed by atoms with Gasteiger partial charge in [-0.3, -0.25) is 9.59 Å². The van der Waals surface area contributed by atoms with Crippen molar-refractivity contribution >= 4 is 40.6 Å². The summed E-state index contributed by atoms with van der Waals surface area (Å²) in [5, 5.41) is 8.24. The summed E-state index contributed by atoms with van der Waals surface area (Å²) in [5.74, 6) is -0.405. The van der Waals surface area contributed by atoms with Gasteiger partial charge in [-0.05, 0) is 31.2 Å². The van der Waals surface area contributed by atoms with Crippen molar-refractivity contribution in [3.8, 4) is 0 Å². The molecule has 2 aromatic rings. The zero-order chi connectivity index (χ0) is 15.2. The highest BCUT2D eigenvalue weighted by molar-refractivity contribution is 7.09. The first-order chi connectivity index (χ1) is 10.0. The molecule has 1 aromatic carbocycles. The Balaban J connectivity index is 1.99. The van der Waals surface area contributed by atoms with E-state index < -0.39 is 0 Å². The zero-order valence-corrected chi connectivity index (χ0v) is 12.5. The average molecular weight is 301 g/mol. The van der Waals surface area contributed by atoms with Gasteiger partial charge in [0.1, 0.15) is 0 Å². The number of anilines is 2. The lowest BCUT2D eigenvalue weighted by Gasteiger charge is -2.05. The SMILES string of the molecule is CC(=O)Nc1cccc(NC(=O)/C=C/c2csc(C)n2)c1. The van der Waals surface area contributed by atoms with E-state index in [1.807, 2.05) is 12.3 Å². The van der Waals surface area contributed by atoms with Gasteiger partial charge in [-0.25, -0.2) is 4.98 Å². The molecule has 0 fully saturated rings. The van der Waals surface area contributed by atoms with Crippen LogP contribution in [0.4, 0.5) is 11.4 Å². The van der Waals surface area contributed by atoms with Crippen LogP contribution in [0.3, 0.4) is 0 Å². The molecular formula is C15H15N3O2S. The predicted molar refractivity (Wildman–Crippen MR) is 85.3 cm³/mol. The summed E-state index contributed by atoms with van der Waals surface area (Å²) in [4.78, 5) is 27.0. The number of aryl methyl sites for hydroxylation is 1. The summed E-state index contributed by atoms with van der Waals surface area (Å²) in [5.41, 5.74) is 2.02. The largest absolute Gasteiger partial charge is 0.326 e. The van der Waals surface area contributed by atoms with E-state index in [4.69, 9.17) is 0 Å². The Morgan fingerprint density at radius 1 is 1.24 bits per heavy atom. The third-order valence-electron chi connectivity index (χ3n) is 2.49.